The van der Waals surface area contributed by atoms with Crippen molar-refractivity contribution in [3.05, 3.63) is 65.2 Å². The summed E-state index contributed by atoms with van der Waals surface area (Å²) in [5.41, 5.74) is 9.03. The molecule has 2 aromatic carbocycles. The van der Waals surface area contributed by atoms with E-state index in [1.165, 1.54) is 10.6 Å². The molecule has 3 rings (SSSR count). The van der Waals surface area contributed by atoms with Crippen LogP contribution in [0.15, 0.2) is 48.5 Å². The minimum atomic E-state index is -0.291. The van der Waals surface area contributed by atoms with Crippen molar-refractivity contribution in [3.8, 4) is 0 Å². The normalized spacial score (nSPS) is 14.6. The molecular formula is C22H29N4O2+. The van der Waals surface area contributed by atoms with Gasteiger partial charge in [-0.2, -0.15) is 0 Å². The Morgan fingerprint density at radius 2 is 1.68 bits per heavy atom. The summed E-state index contributed by atoms with van der Waals surface area (Å²) in [5, 5.41) is 0. The number of amides is 2. The third kappa shape index (κ3) is 5.33. The van der Waals surface area contributed by atoms with Gasteiger partial charge < -0.3 is 9.80 Å². The van der Waals surface area contributed by atoms with Gasteiger partial charge in [-0.1, -0.05) is 24.3 Å². The lowest BCUT2D eigenvalue weighted by molar-refractivity contribution is -0.900. The van der Waals surface area contributed by atoms with Crippen molar-refractivity contribution in [2.45, 2.75) is 20.3 Å². The van der Waals surface area contributed by atoms with Crippen molar-refractivity contribution in [2.24, 2.45) is 0 Å². The van der Waals surface area contributed by atoms with Crippen LogP contribution in [0, 0.1) is 13.8 Å². The van der Waals surface area contributed by atoms with E-state index in [1.807, 2.05) is 32.0 Å². The molecule has 148 valence electrons. The van der Waals surface area contributed by atoms with Gasteiger partial charge in [-0.15, -0.1) is 0 Å². The Kier molecular flexibility index (Phi) is 6.66. The molecule has 2 amide bonds. The minimum Gasteiger partial charge on any atom is -0.360 e. The first kappa shape index (κ1) is 19.9. The second-order valence-corrected chi connectivity index (χ2v) is 7.37. The molecular weight excluding hydrogens is 352 g/mol. The summed E-state index contributed by atoms with van der Waals surface area (Å²) >= 11 is 0. The average Bonchev–Trinajstić information content (AvgIpc) is 2.73. The third-order valence-electron chi connectivity index (χ3n) is 5.38. The van der Waals surface area contributed by atoms with Crippen LogP contribution in [-0.2, 0) is 4.79 Å². The second kappa shape index (κ2) is 9.37. The van der Waals surface area contributed by atoms with E-state index in [2.05, 4.69) is 40.0 Å². The van der Waals surface area contributed by atoms with E-state index in [9.17, 15) is 9.59 Å². The Hall–Kier alpha value is -2.86. The van der Waals surface area contributed by atoms with Crippen LogP contribution in [0.25, 0.3) is 0 Å². The van der Waals surface area contributed by atoms with E-state index in [0.29, 0.717) is 12.0 Å². The van der Waals surface area contributed by atoms with Gasteiger partial charge in [0.25, 0.3) is 5.91 Å². The van der Waals surface area contributed by atoms with Gasteiger partial charge in [-0.25, -0.2) is 0 Å². The van der Waals surface area contributed by atoms with Gasteiger partial charge in [0.1, 0.15) is 0 Å². The van der Waals surface area contributed by atoms with Gasteiger partial charge in [0.15, 0.2) is 0 Å². The molecule has 0 spiro atoms. The average molecular weight is 382 g/mol. The van der Waals surface area contributed by atoms with Gasteiger partial charge in [-0.05, 0) is 49.2 Å². The number of anilines is 1. The molecule has 6 heteroatoms. The molecule has 1 fully saturated rings. The maximum Gasteiger partial charge on any atom is 0.269 e. The van der Waals surface area contributed by atoms with Gasteiger partial charge in [0, 0.05) is 11.3 Å². The number of piperazine rings is 1. The highest BCUT2D eigenvalue weighted by molar-refractivity contribution is 5.95. The van der Waals surface area contributed by atoms with Gasteiger partial charge >= 0.3 is 0 Å². The molecule has 0 aliphatic carbocycles. The molecule has 1 saturated heterocycles. The number of rotatable bonds is 5. The van der Waals surface area contributed by atoms with Crippen LogP contribution in [0.1, 0.15) is 27.9 Å². The van der Waals surface area contributed by atoms with Crippen LogP contribution >= 0.6 is 0 Å². The molecule has 3 N–H and O–H groups in total. The standard InChI is InChI=1S/C22H28N4O2/c1-17-8-9-19(16-18(17)2)22(28)24-23-21(27)10-11-25-12-14-26(15-13-25)20-6-4-3-5-7-20/h3-9,16H,10-15H2,1-2H3,(H,23,27)(H,24,28)/p+1. The fourth-order valence-corrected chi connectivity index (χ4v) is 3.40. The van der Waals surface area contributed by atoms with E-state index in [1.54, 1.807) is 6.07 Å². The molecule has 0 atom stereocenters. The number of carbonyl (C=O) groups excluding carboxylic acids is 2. The molecule has 1 aliphatic rings. The first-order valence-electron chi connectivity index (χ1n) is 9.83. The Balaban J connectivity index is 1.37. The monoisotopic (exact) mass is 381 g/mol. The SMILES string of the molecule is Cc1ccc(C(=O)NNC(=O)CC[NH+]2CCN(c3ccccc3)CC2)cc1C. The Bertz CT molecular complexity index is 815. The fraction of sp³-hybridized carbons (Fsp3) is 0.364. The van der Waals surface area contributed by atoms with E-state index in [4.69, 9.17) is 0 Å². The summed E-state index contributed by atoms with van der Waals surface area (Å²) in [4.78, 5) is 28.0. The number of hydrazine groups is 1. The summed E-state index contributed by atoms with van der Waals surface area (Å²) in [5.74, 6) is -0.449. The second-order valence-electron chi connectivity index (χ2n) is 7.37. The maximum atomic E-state index is 12.2. The van der Waals surface area contributed by atoms with E-state index < -0.39 is 0 Å². The number of carbonyl (C=O) groups is 2. The molecule has 1 aliphatic heterocycles. The zero-order valence-corrected chi connectivity index (χ0v) is 16.6. The van der Waals surface area contributed by atoms with Crippen LogP contribution < -0.4 is 20.7 Å². The summed E-state index contributed by atoms with van der Waals surface area (Å²) in [6.07, 6.45) is 0.397. The molecule has 2 aromatic rings. The van der Waals surface area contributed by atoms with Crippen LogP contribution in [0.4, 0.5) is 5.69 Å². The lowest BCUT2D eigenvalue weighted by Gasteiger charge is -2.33. The number of nitrogens with zero attached hydrogens (tertiary/aromatic N) is 1. The largest absolute Gasteiger partial charge is 0.360 e. The zero-order chi connectivity index (χ0) is 19.9. The summed E-state index contributed by atoms with van der Waals surface area (Å²) < 4.78 is 0. The molecule has 0 saturated carbocycles. The number of benzene rings is 2. The third-order valence-corrected chi connectivity index (χ3v) is 5.38. The van der Waals surface area contributed by atoms with E-state index >= 15 is 0 Å². The Morgan fingerprint density at radius 3 is 2.36 bits per heavy atom. The number of hydrogen-bond acceptors (Lipinski definition) is 3. The maximum absolute atomic E-state index is 12.2. The number of hydrogen-bond donors (Lipinski definition) is 3. The van der Waals surface area contributed by atoms with Crippen LogP contribution in [0.5, 0.6) is 0 Å². The quantitative estimate of drug-likeness (QED) is 0.673. The minimum absolute atomic E-state index is 0.157. The lowest BCUT2D eigenvalue weighted by atomic mass is 10.1. The van der Waals surface area contributed by atoms with Gasteiger partial charge in [-0.3, -0.25) is 20.4 Å². The molecule has 0 bridgehead atoms. The highest BCUT2D eigenvalue weighted by Crippen LogP contribution is 2.12. The van der Waals surface area contributed by atoms with Crippen molar-refractivity contribution in [1.29, 1.82) is 0 Å². The molecule has 6 nitrogen and oxygen atoms in total. The van der Waals surface area contributed by atoms with Crippen molar-refractivity contribution >= 4 is 17.5 Å². The summed E-state index contributed by atoms with van der Waals surface area (Å²) in [6, 6.07) is 15.9. The number of aryl methyl sites for hydroxylation is 2. The number of para-hydroxylation sites is 1. The van der Waals surface area contributed by atoms with Crippen molar-refractivity contribution in [2.75, 3.05) is 37.6 Å². The van der Waals surface area contributed by atoms with Crippen LogP contribution in [-0.4, -0.2) is 44.5 Å². The van der Waals surface area contributed by atoms with Gasteiger partial charge in [0.05, 0.1) is 39.1 Å². The van der Waals surface area contributed by atoms with Gasteiger partial charge in [0.2, 0.25) is 5.91 Å². The highest BCUT2D eigenvalue weighted by Gasteiger charge is 2.20. The smallest absolute Gasteiger partial charge is 0.269 e. The van der Waals surface area contributed by atoms with Crippen molar-refractivity contribution in [1.82, 2.24) is 10.9 Å². The van der Waals surface area contributed by atoms with Crippen molar-refractivity contribution < 1.29 is 14.5 Å². The summed E-state index contributed by atoms with van der Waals surface area (Å²) in [6.45, 7) is 8.74. The van der Waals surface area contributed by atoms with Crippen LogP contribution in [0.2, 0.25) is 0 Å². The van der Waals surface area contributed by atoms with E-state index in [0.717, 1.165) is 43.9 Å². The predicted octanol–water partition coefficient (Wildman–Crippen LogP) is 0.860. The fourth-order valence-electron chi connectivity index (χ4n) is 3.40. The zero-order valence-electron chi connectivity index (χ0n) is 16.6. The van der Waals surface area contributed by atoms with Crippen molar-refractivity contribution in [3.63, 3.8) is 0 Å². The number of quaternary nitrogens is 1. The topological polar surface area (TPSA) is 65.9 Å². The Morgan fingerprint density at radius 1 is 0.964 bits per heavy atom. The highest BCUT2D eigenvalue weighted by atomic mass is 16.2. The predicted molar refractivity (Wildman–Crippen MR) is 110 cm³/mol. The first-order valence-corrected chi connectivity index (χ1v) is 9.83. The van der Waals surface area contributed by atoms with Crippen LogP contribution in [0.3, 0.4) is 0 Å². The molecule has 28 heavy (non-hydrogen) atoms. The Labute approximate surface area is 166 Å². The molecule has 0 unspecified atom stereocenters. The lowest BCUT2D eigenvalue weighted by Crippen LogP contribution is -3.15. The summed E-state index contributed by atoms with van der Waals surface area (Å²) in [7, 11) is 0. The first-order chi connectivity index (χ1) is 13.5. The number of nitrogens with one attached hydrogen (secondary N) is 3. The molecule has 0 aromatic heterocycles. The van der Waals surface area contributed by atoms with E-state index in [-0.39, 0.29) is 11.8 Å². The molecule has 1 heterocycles. The molecule has 0 radical (unpaired) electrons.